The van der Waals surface area contributed by atoms with E-state index in [1.807, 2.05) is 6.92 Å². The molecule has 0 unspecified atom stereocenters. The minimum atomic E-state index is 0.630. The monoisotopic (exact) mass is 367 g/mol. The van der Waals surface area contributed by atoms with Crippen LogP contribution in [0.15, 0.2) is 18.2 Å². The van der Waals surface area contributed by atoms with Crippen LogP contribution in [0.5, 0.6) is 0 Å². The van der Waals surface area contributed by atoms with E-state index in [4.69, 9.17) is 23.9 Å². The molecule has 148 valence electrons. The van der Waals surface area contributed by atoms with E-state index in [1.54, 1.807) is 0 Å². The van der Waals surface area contributed by atoms with Crippen molar-refractivity contribution in [3.05, 3.63) is 29.6 Å². The molecular weight excluding hydrogens is 334 g/mol. The van der Waals surface area contributed by atoms with E-state index in [0.29, 0.717) is 46.2 Å². The van der Waals surface area contributed by atoms with Gasteiger partial charge in [0.15, 0.2) is 0 Å². The molecule has 0 aromatic carbocycles. The van der Waals surface area contributed by atoms with Gasteiger partial charge in [-0.2, -0.15) is 0 Å². The second kappa shape index (κ2) is 14.0. The normalized spacial score (nSPS) is 18.2. The molecule has 1 aromatic rings. The maximum absolute atomic E-state index is 5.69. The van der Waals surface area contributed by atoms with Crippen molar-refractivity contribution in [1.82, 2.24) is 15.2 Å². The lowest BCUT2D eigenvalue weighted by Crippen LogP contribution is -2.31. The lowest BCUT2D eigenvalue weighted by atomic mass is 10.2. The van der Waals surface area contributed by atoms with Crippen molar-refractivity contribution in [3.8, 4) is 0 Å². The lowest BCUT2D eigenvalue weighted by molar-refractivity contribution is 0.0243. The SMILES string of the molecule is CCOCCOCCN1CCOCCOCCNCc2cccc(n2)C1. The van der Waals surface area contributed by atoms with Gasteiger partial charge in [-0.1, -0.05) is 6.07 Å². The molecule has 7 nitrogen and oxygen atoms in total. The molecular formula is C19H33N3O4. The summed E-state index contributed by atoms with van der Waals surface area (Å²) in [5.74, 6) is 0. The van der Waals surface area contributed by atoms with E-state index in [2.05, 4.69) is 28.4 Å². The predicted octanol–water partition coefficient (Wildman–Crippen LogP) is 1.07. The molecule has 2 heterocycles. The highest BCUT2D eigenvalue weighted by Crippen LogP contribution is 2.05. The molecule has 1 aliphatic rings. The largest absolute Gasteiger partial charge is 0.379 e. The van der Waals surface area contributed by atoms with Crippen molar-refractivity contribution < 1.29 is 18.9 Å². The summed E-state index contributed by atoms with van der Waals surface area (Å²) in [4.78, 5) is 7.08. The second-order valence-electron chi connectivity index (χ2n) is 6.11. The second-order valence-corrected chi connectivity index (χ2v) is 6.11. The van der Waals surface area contributed by atoms with Crippen LogP contribution in [-0.2, 0) is 32.0 Å². The molecule has 7 heteroatoms. The molecule has 2 bridgehead atoms. The highest BCUT2D eigenvalue weighted by Gasteiger charge is 2.09. The van der Waals surface area contributed by atoms with Crippen LogP contribution in [0.1, 0.15) is 18.3 Å². The zero-order valence-corrected chi connectivity index (χ0v) is 16.0. The number of hydrogen-bond acceptors (Lipinski definition) is 7. The minimum Gasteiger partial charge on any atom is -0.379 e. The molecule has 1 N–H and O–H groups in total. The summed E-state index contributed by atoms with van der Waals surface area (Å²) >= 11 is 0. The average Bonchev–Trinajstić information content (AvgIpc) is 2.66. The fraction of sp³-hybridized carbons (Fsp3) is 0.737. The van der Waals surface area contributed by atoms with Crippen LogP contribution in [0.2, 0.25) is 0 Å². The summed E-state index contributed by atoms with van der Waals surface area (Å²) in [6.45, 7) is 11.4. The van der Waals surface area contributed by atoms with Crippen LogP contribution in [0.25, 0.3) is 0 Å². The summed E-state index contributed by atoms with van der Waals surface area (Å²) in [5, 5.41) is 3.36. The van der Waals surface area contributed by atoms with E-state index < -0.39 is 0 Å². The van der Waals surface area contributed by atoms with Gasteiger partial charge in [-0.25, -0.2) is 0 Å². The van der Waals surface area contributed by atoms with Crippen molar-refractivity contribution in [2.45, 2.75) is 20.0 Å². The number of ether oxygens (including phenoxy) is 4. The van der Waals surface area contributed by atoms with Gasteiger partial charge < -0.3 is 24.3 Å². The molecule has 1 aliphatic heterocycles. The fourth-order valence-corrected chi connectivity index (χ4v) is 2.65. The summed E-state index contributed by atoms with van der Waals surface area (Å²) in [6.07, 6.45) is 0. The highest BCUT2D eigenvalue weighted by atomic mass is 16.5. The van der Waals surface area contributed by atoms with Crippen LogP contribution in [0.4, 0.5) is 0 Å². The van der Waals surface area contributed by atoms with Gasteiger partial charge in [0.25, 0.3) is 0 Å². The molecule has 0 spiro atoms. The molecule has 0 aliphatic carbocycles. The maximum atomic E-state index is 5.69. The number of nitrogens with zero attached hydrogens (tertiary/aromatic N) is 2. The average molecular weight is 367 g/mol. The van der Waals surface area contributed by atoms with Crippen molar-refractivity contribution in [3.63, 3.8) is 0 Å². The van der Waals surface area contributed by atoms with Crippen molar-refractivity contribution >= 4 is 0 Å². The van der Waals surface area contributed by atoms with E-state index in [1.165, 1.54) is 0 Å². The Kier molecular flexibility index (Phi) is 11.4. The summed E-state index contributed by atoms with van der Waals surface area (Å²) in [5.41, 5.74) is 2.13. The Labute approximate surface area is 157 Å². The molecule has 2 rings (SSSR count). The molecule has 0 fully saturated rings. The topological polar surface area (TPSA) is 65.1 Å². The third-order valence-corrected chi connectivity index (χ3v) is 4.03. The van der Waals surface area contributed by atoms with E-state index in [-0.39, 0.29) is 0 Å². The van der Waals surface area contributed by atoms with Crippen LogP contribution in [-0.4, -0.2) is 82.4 Å². The first kappa shape index (κ1) is 21.2. The predicted molar refractivity (Wildman–Crippen MR) is 100 cm³/mol. The first-order valence-corrected chi connectivity index (χ1v) is 9.57. The number of aromatic nitrogens is 1. The van der Waals surface area contributed by atoms with Gasteiger partial charge in [0.1, 0.15) is 0 Å². The Bertz CT molecular complexity index is 476. The zero-order valence-electron chi connectivity index (χ0n) is 16.0. The van der Waals surface area contributed by atoms with Gasteiger partial charge in [-0.05, 0) is 19.1 Å². The summed E-state index contributed by atoms with van der Waals surface area (Å²) < 4.78 is 22.2. The smallest absolute Gasteiger partial charge is 0.0701 e. The Morgan fingerprint density at radius 2 is 1.85 bits per heavy atom. The van der Waals surface area contributed by atoms with Gasteiger partial charge in [-0.15, -0.1) is 0 Å². The van der Waals surface area contributed by atoms with E-state index in [0.717, 1.165) is 50.7 Å². The number of hydrogen-bond donors (Lipinski definition) is 1. The number of pyridine rings is 1. The van der Waals surface area contributed by atoms with Gasteiger partial charge in [-0.3, -0.25) is 9.88 Å². The van der Waals surface area contributed by atoms with Crippen molar-refractivity contribution in [2.24, 2.45) is 0 Å². The summed E-state index contributed by atoms with van der Waals surface area (Å²) in [6, 6.07) is 6.20. The van der Waals surface area contributed by atoms with E-state index >= 15 is 0 Å². The van der Waals surface area contributed by atoms with Crippen LogP contribution in [0.3, 0.4) is 0 Å². The van der Waals surface area contributed by atoms with Crippen molar-refractivity contribution in [1.29, 1.82) is 0 Å². The number of fused-ring (bicyclic) bond motifs is 2. The van der Waals surface area contributed by atoms with Gasteiger partial charge in [0.05, 0.1) is 57.6 Å². The van der Waals surface area contributed by atoms with Gasteiger partial charge in [0, 0.05) is 39.3 Å². The minimum absolute atomic E-state index is 0.630. The Hall–Kier alpha value is -1.09. The molecule has 26 heavy (non-hydrogen) atoms. The fourth-order valence-electron chi connectivity index (χ4n) is 2.65. The maximum Gasteiger partial charge on any atom is 0.0701 e. The molecule has 0 saturated carbocycles. The third-order valence-electron chi connectivity index (χ3n) is 4.03. The molecule has 0 amide bonds. The zero-order chi connectivity index (χ0) is 18.3. The summed E-state index contributed by atoms with van der Waals surface area (Å²) in [7, 11) is 0. The molecule has 1 aromatic heterocycles. The van der Waals surface area contributed by atoms with Gasteiger partial charge >= 0.3 is 0 Å². The van der Waals surface area contributed by atoms with Crippen LogP contribution < -0.4 is 5.32 Å². The third kappa shape index (κ3) is 9.56. The highest BCUT2D eigenvalue weighted by molar-refractivity contribution is 5.11. The molecule has 0 radical (unpaired) electrons. The lowest BCUT2D eigenvalue weighted by Gasteiger charge is -2.22. The molecule has 0 atom stereocenters. The first-order chi connectivity index (χ1) is 12.9. The van der Waals surface area contributed by atoms with Crippen molar-refractivity contribution in [2.75, 3.05) is 72.5 Å². The Morgan fingerprint density at radius 3 is 2.73 bits per heavy atom. The first-order valence-electron chi connectivity index (χ1n) is 9.57. The molecule has 0 saturated heterocycles. The van der Waals surface area contributed by atoms with Crippen LogP contribution in [0, 0.1) is 0 Å². The standard InChI is InChI=1S/C19H33N3O4/c1-2-23-12-13-25-10-7-22-8-11-26-15-14-24-9-6-20-16-18-4-3-5-19(17-22)21-18/h3-5,20H,2,6-17H2,1H3. The van der Waals surface area contributed by atoms with E-state index in [9.17, 15) is 0 Å². The van der Waals surface area contributed by atoms with Crippen LogP contribution >= 0.6 is 0 Å². The van der Waals surface area contributed by atoms with Gasteiger partial charge in [0.2, 0.25) is 0 Å². The number of nitrogens with one attached hydrogen (secondary N) is 1. The quantitative estimate of drug-likeness (QED) is 0.723. The Morgan fingerprint density at radius 1 is 1.04 bits per heavy atom. The number of rotatable bonds is 7. The Balaban J connectivity index is 1.85.